The van der Waals surface area contributed by atoms with E-state index in [2.05, 4.69) is 0 Å². The van der Waals surface area contributed by atoms with Crippen molar-refractivity contribution in [2.45, 2.75) is 38.8 Å². The summed E-state index contributed by atoms with van der Waals surface area (Å²) < 4.78 is 13.7. The molecule has 1 amide bonds. The molecule has 2 heterocycles. The van der Waals surface area contributed by atoms with E-state index in [0.29, 0.717) is 6.61 Å². The Morgan fingerprint density at radius 3 is 2.40 bits per heavy atom. The average molecular weight is 342 g/mol. The van der Waals surface area contributed by atoms with Crippen LogP contribution in [0.15, 0.2) is 48.8 Å². The molecule has 1 aliphatic rings. The van der Waals surface area contributed by atoms with Gasteiger partial charge >= 0.3 is 0 Å². The van der Waals surface area contributed by atoms with Crippen LogP contribution in [0.2, 0.25) is 0 Å². The van der Waals surface area contributed by atoms with Gasteiger partial charge in [-0.2, -0.15) is 0 Å². The van der Waals surface area contributed by atoms with Gasteiger partial charge in [0, 0.05) is 38.3 Å². The number of ether oxygens (including phenoxy) is 2. The lowest BCUT2D eigenvalue weighted by Crippen LogP contribution is -2.44. The van der Waals surface area contributed by atoms with Gasteiger partial charge in [-0.15, -0.1) is 0 Å². The molecule has 5 heteroatoms. The van der Waals surface area contributed by atoms with Gasteiger partial charge in [0.2, 0.25) is 5.91 Å². The molecule has 1 aromatic carbocycles. The number of likely N-dealkylation sites (tertiary alicyclic amines) is 1. The van der Waals surface area contributed by atoms with Crippen molar-refractivity contribution in [3.63, 3.8) is 0 Å². The number of hydrogen-bond donors (Lipinski definition) is 0. The van der Waals surface area contributed by atoms with Crippen LogP contribution in [0.3, 0.4) is 0 Å². The minimum Gasteiger partial charge on any atom is -0.490 e. The smallest absolute Gasteiger partial charge is 0.245 e. The van der Waals surface area contributed by atoms with E-state index in [0.717, 1.165) is 37.4 Å². The third-order valence-corrected chi connectivity index (χ3v) is 4.63. The predicted octanol–water partition coefficient (Wildman–Crippen LogP) is 3.52. The Bertz CT molecular complexity index is 676. The number of carbonyl (C=O) groups excluding carboxylic acids is 1. The van der Waals surface area contributed by atoms with Gasteiger partial charge in [0.1, 0.15) is 12.1 Å². The van der Waals surface area contributed by atoms with Crippen molar-refractivity contribution in [2.24, 2.45) is 0 Å². The lowest BCUT2D eigenvalue weighted by atomic mass is 10.1. The normalized spacial score (nSPS) is 16.5. The van der Waals surface area contributed by atoms with E-state index in [-0.39, 0.29) is 18.1 Å². The molecular weight excluding hydrogens is 316 g/mol. The maximum atomic E-state index is 12.6. The molecule has 3 rings (SSSR count). The van der Waals surface area contributed by atoms with Crippen molar-refractivity contribution >= 4 is 5.91 Å². The first-order chi connectivity index (χ1) is 12.2. The van der Waals surface area contributed by atoms with Crippen molar-refractivity contribution in [1.29, 1.82) is 0 Å². The summed E-state index contributed by atoms with van der Waals surface area (Å²) in [5.74, 6) is 1.74. The third kappa shape index (κ3) is 4.16. The quantitative estimate of drug-likeness (QED) is 0.807. The lowest BCUT2D eigenvalue weighted by Gasteiger charge is -2.34. The van der Waals surface area contributed by atoms with Gasteiger partial charge in [-0.1, -0.05) is 12.1 Å². The number of rotatable bonds is 6. The predicted molar refractivity (Wildman–Crippen MR) is 97.0 cm³/mol. The molecular formula is C20H26N2O3. The third-order valence-electron chi connectivity index (χ3n) is 4.63. The molecule has 25 heavy (non-hydrogen) atoms. The van der Waals surface area contributed by atoms with Crippen molar-refractivity contribution in [1.82, 2.24) is 9.47 Å². The highest BCUT2D eigenvalue weighted by molar-refractivity contribution is 5.80. The molecule has 1 aromatic heterocycles. The minimum absolute atomic E-state index is 0.118. The number of piperidine rings is 1. The first-order valence-electron chi connectivity index (χ1n) is 8.98. The SMILES string of the molecule is CCOc1ccccc1OC1CCN(C(=O)C(C)n2cccc2)CC1. The topological polar surface area (TPSA) is 43.7 Å². The fraction of sp³-hybridized carbons (Fsp3) is 0.450. The molecule has 1 atom stereocenters. The molecule has 0 spiro atoms. The summed E-state index contributed by atoms with van der Waals surface area (Å²) >= 11 is 0. The minimum atomic E-state index is -0.161. The van der Waals surface area contributed by atoms with Gasteiger partial charge in [0.25, 0.3) is 0 Å². The molecule has 0 saturated carbocycles. The first-order valence-corrected chi connectivity index (χ1v) is 8.98. The molecule has 1 aliphatic heterocycles. The summed E-state index contributed by atoms with van der Waals surface area (Å²) in [4.78, 5) is 14.6. The largest absolute Gasteiger partial charge is 0.490 e. The molecule has 134 valence electrons. The van der Waals surface area contributed by atoms with Crippen molar-refractivity contribution in [3.8, 4) is 11.5 Å². The zero-order valence-electron chi connectivity index (χ0n) is 14.9. The second-order valence-corrected chi connectivity index (χ2v) is 6.33. The van der Waals surface area contributed by atoms with E-state index >= 15 is 0 Å². The standard InChI is InChI=1S/C20H26N2O3/c1-3-24-18-8-4-5-9-19(18)25-17-10-14-22(15-11-17)20(23)16(2)21-12-6-7-13-21/h4-9,12-13,16-17H,3,10-11,14-15H2,1-2H3. The Morgan fingerprint density at radius 1 is 1.12 bits per heavy atom. The Labute approximate surface area is 149 Å². The molecule has 1 fully saturated rings. The van der Waals surface area contributed by atoms with E-state index in [4.69, 9.17) is 9.47 Å². The van der Waals surface area contributed by atoms with Crippen LogP contribution in [0.4, 0.5) is 0 Å². The highest BCUT2D eigenvalue weighted by atomic mass is 16.5. The highest BCUT2D eigenvalue weighted by Gasteiger charge is 2.27. The van der Waals surface area contributed by atoms with Crippen LogP contribution >= 0.6 is 0 Å². The summed E-state index contributed by atoms with van der Waals surface area (Å²) in [6.45, 7) is 5.98. The number of carbonyl (C=O) groups is 1. The number of hydrogen-bond acceptors (Lipinski definition) is 3. The maximum absolute atomic E-state index is 12.6. The zero-order valence-corrected chi connectivity index (χ0v) is 14.9. The Morgan fingerprint density at radius 2 is 1.76 bits per heavy atom. The van der Waals surface area contributed by atoms with Crippen molar-refractivity contribution < 1.29 is 14.3 Å². The van der Waals surface area contributed by atoms with E-state index in [9.17, 15) is 4.79 Å². The van der Waals surface area contributed by atoms with Crippen LogP contribution in [0.1, 0.15) is 32.7 Å². The Hall–Kier alpha value is -2.43. The first kappa shape index (κ1) is 17.4. The molecule has 1 unspecified atom stereocenters. The molecule has 2 aromatic rings. The fourth-order valence-electron chi connectivity index (χ4n) is 3.19. The fourth-order valence-corrected chi connectivity index (χ4v) is 3.19. The maximum Gasteiger partial charge on any atom is 0.245 e. The van der Waals surface area contributed by atoms with Gasteiger partial charge in [-0.05, 0) is 38.1 Å². The van der Waals surface area contributed by atoms with Crippen LogP contribution in [-0.2, 0) is 4.79 Å². The Kier molecular flexibility index (Phi) is 5.64. The highest BCUT2D eigenvalue weighted by Crippen LogP contribution is 2.29. The molecule has 0 aliphatic carbocycles. The van der Waals surface area contributed by atoms with E-state index in [1.165, 1.54) is 0 Å². The number of nitrogens with zero attached hydrogens (tertiary/aromatic N) is 2. The van der Waals surface area contributed by atoms with Crippen molar-refractivity contribution in [2.75, 3.05) is 19.7 Å². The van der Waals surface area contributed by atoms with Gasteiger partial charge in [-0.3, -0.25) is 4.79 Å². The van der Waals surface area contributed by atoms with E-state index in [1.807, 2.05) is 72.1 Å². The summed E-state index contributed by atoms with van der Waals surface area (Å²) in [7, 11) is 0. The lowest BCUT2D eigenvalue weighted by molar-refractivity contribution is -0.136. The van der Waals surface area contributed by atoms with Gasteiger partial charge in [-0.25, -0.2) is 0 Å². The van der Waals surface area contributed by atoms with E-state index in [1.54, 1.807) is 0 Å². The van der Waals surface area contributed by atoms with Gasteiger partial charge < -0.3 is 18.9 Å². The molecule has 1 saturated heterocycles. The van der Waals surface area contributed by atoms with Crippen LogP contribution in [0, 0.1) is 0 Å². The summed E-state index contributed by atoms with van der Waals surface area (Å²) in [6, 6.07) is 11.5. The van der Waals surface area contributed by atoms with E-state index < -0.39 is 0 Å². The Balaban J connectivity index is 1.54. The van der Waals surface area contributed by atoms with Crippen molar-refractivity contribution in [3.05, 3.63) is 48.8 Å². The summed E-state index contributed by atoms with van der Waals surface area (Å²) in [5, 5.41) is 0. The number of amides is 1. The monoisotopic (exact) mass is 342 g/mol. The average Bonchev–Trinajstić information content (AvgIpc) is 3.18. The second kappa shape index (κ2) is 8.10. The number of aromatic nitrogens is 1. The number of para-hydroxylation sites is 2. The second-order valence-electron chi connectivity index (χ2n) is 6.33. The number of benzene rings is 1. The van der Waals surface area contributed by atoms with Crippen LogP contribution in [-0.4, -0.2) is 41.2 Å². The summed E-state index contributed by atoms with van der Waals surface area (Å²) in [5.41, 5.74) is 0. The molecule has 0 radical (unpaired) electrons. The van der Waals surface area contributed by atoms with Crippen LogP contribution < -0.4 is 9.47 Å². The van der Waals surface area contributed by atoms with Gasteiger partial charge in [0.15, 0.2) is 11.5 Å². The molecule has 0 N–H and O–H groups in total. The molecule has 5 nitrogen and oxygen atoms in total. The van der Waals surface area contributed by atoms with Gasteiger partial charge in [0.05, 0.1) is 6.61 Å². The zero-order chi connectivity index (χ0) is 17.6. The van der Waals surface area contributed by atoms with Crippen LogP contribution in [0.5, 0.6) is 11.5 Å². The molecule has 0 bridgehead atoms. The van der Waals surface area contributed by atoms with Crippen LogP contribution in [0.25, 0.3) is 0 Å². The summed E-state index contributed by atoms with van der Waals surface area (Å²) in [6.07, 6.45) is 5.66.